The van der Waals surface area contributed by atoms with Crippen molar-refractivity contribution in [2.75, 3.05) is 51.9 Å². The van der Waals surface area contributed by atoms with Crippen molar-refractivity contribution in [2.24, 2.45) is 0 Å². The molecular weight excluding hydrogens is 964 g/mol. The molecule has 0 spiro atoms. The highest BCUT2D eigenvalue weighted by atomic mass is 32.2. The zero-order chi connectivity index (χ0) is 53.3. The number of hydrogen-bond donors (Lipinski definition) is 1. The Bertz CT molecular complexity index is 1020. The van der Waals surface area contributed by atoms with Crippen LogP contribution in [0.2, 0.25) is 0 Å². The number of quaternary nitrogens is 1. The Labute approximate surface area is 477 Å². The first-order chi connectivity index (χ1) is 35.7. The first-order valence-corrected chi connectivity index (χ1v) is 36.9. The summed E-state index contributed by atoms with van der Waals surface area (Å²) in [5.74, 6) is 2.73. The summed E-state index contributed by atoms with van der Waals surface area (Å²) in [6, 6.07) is 0. The van der Waals surface area contributed by atoms with Gasteiger partial charge in [0.2, 0.25) is 0 Å². The van der Waals surface area contributed by atoms with E-state index in [-0.39, 0.29) is 7.43 Å². The Morgan fingerprint density at radius 2 is 0.608 bits per heavy atom. The van der Waals surface area contributed by atoms with Crippen LogP contribution in [0.3, 0.4) is 0 Å². The Morgan fingerprint density at radius 1 is 0.378 bits per heavy atom. The molecule has 0 saturated carbocycles. The minimum atomic E-state index is -3.34. The van der Waals surface area contributed by atoms with Gasteiger partial charge in [0.15, 0.2) is 0 Å². The maximum absolute atomic E-state index is 13.9. The molecule has 448 valence electrons. The summed E-state index contributed by atoms with van der Waals surface area (Å²) in [5, 5.41) is 4.91. The Morgan fingerprint density at radius 3 is 0.865 bits per heavy atom. The quantitative estimate of drug-likeness (QED) is 0.0283. The van der Waals surface area contributed by atoms with Gasteiger partial charge in [-0.1, -0.05) is 305 Å². The first-order valence-electron chi connectivity index (χ1n) is 33.2. The van der Waals surface area contributed by atoms with Crippen LogP contribution in [0.5, 0.6) is 0 Å². The fourth-order valence-electron chi connectivity index (χ4n) is 10.3. The maximum Gasteiger partial charge on any atom is 0.405 e. The van der Waals surface area contributed by atoms with E-state index in [0.717, 1.165) is 42.7 Å². The maximum atomic E-state index is 13.9. The van der Waals surface area contributed by atoms with Crippen LogP contribution in [-0.2, 0) is 13.6 Å². The summed E-state index contributed by atoms with van der Waals surface area (Å²) in [7, 11) is 4.99. The van der Waals surface area contributed by atoms with Gasteiger partial charge in [-0.15, -0.1) is 7.05 Å². The predicted octanol–water partition coefficient (Wildman–Crippen LogP) is 24.0. The standard InChI is InChI=1S/C65H135N2O3PS2.CH4/c1-8-12-16-20-24-26-28-36-44-52-62-72-64(54-46-38-30-22-18-14-10-3)56-48-40-32-34-42-50-60-69-71(68,66-58-59-67(5,6)7)70-61-51-43-35-33-41-49-57-65(55-47-39-31-23-19-15-11-4)73-63-53-45-37-29-27-25-21-17-13-9-2;/h64-65H,5,8-63H2,1-4,6-7H3,(H,66,68);1H4. The fraction of sp³-hybridized carbons (Fsp3) is 0.985. The molecular formula is C66H139N2O3PS2. The first kappa shape index (κ1) is 76.8. The molecule has 0 amide bonds. The molecule has 74 heavy (non-hydrogen) atoms. The van der Waals surface area contributed by atoms with E-state index in [1.54, 1.807) is 0 Å². The van der Waals surface area contributed by atoms with Gasteiger partial charge in [-0.3, -0.25) is 9.05 Å². The zero-order valence-electron chi connectivity index (χ0n) is 50.9. The molecule has 1 N–H and O–H groups in total. The number of nitrogens with one attached hydrogen (secondary N) is 1. The van der Waals surface area contributed by atoms with Crippen LogP contribution in [-0.4, -0.2) is 66.9 Å². The van der Waals surface area contributed by atoms with Crippen LogP contribution in [0.15, 0.2) is 0 Å². The van der Waals surface area contributed by atoms with Crippen molar-refractivity contribution in [2.45, 2.75) is 367 Å². The average molecular weight is 1100 g/mol. The van der Waals surface area contributed by atoms with E-state index in [9.17, 15) is 4.57 Å². The van der Waals surface area contributed by atoms with E-state index >= 15 is 0 Å². The lowest BCUT2D eigenvalue weighted by molar-refractivity contribution is -0.844. The third-order valence-electron chi connectivity index (χ3n) is 15.3. The molecule has 0 rings (SSSR count). The average Bonchev–Trinajstić information content (AvgIpc) is 3.37. The third kappa shape index (κ3) is 60.4. The lowest BCUT2D eigenvalue weighted by Crippen LogP contribution is -2.38. The van der Waals surface area contributed by atoms with Crippen molar-refractivity contribution in [3.05, 3.63) is 7.05 Å². The minimum Gasteiger partial charge on any atom is -0.461 e. The van der Waals surface area contributed by atoms with Gasteiger partial charge in [0.05, 0.1) is 26.3 Å². The molecule has 0 aliphatic rings. The van der Waals surface area contributed by atoms with Gasteiger partial charge in [-0.25, -0.2) is 9.65 Å². The zero-order valence-corrected chi connectivity index (χ0v) is 53.4. The molecule has 0 heterocycles. The van der Waals surface area contributed by atoms with E-state index in [1.165, 1.54) is 307 Å². The molecule has 0 aromatic carbocycles. The van der Waals surface area contributed by atoms with Gasteiger partial charge >= 0.3 is 7.75 Å². The number of rotatable bonds is 64. The van der Waals surface area contributed by atoms with Gasteiger partial charge in [0.25, 0.3) is 0 Å². The van der Waals surface area contributed by atoms with E-state index in [4.69, 9.17) is 9.05 Å². The molecule has 8 heteroatoms. The number of likely N-dealkylation sites (N-methyl/N-ethyl adjacent to an activating group) is 1. The molecule has 0 fully saturated rings. The van der Waals surface area contributed by atoms with E-state index in [1.807, 2.05) is 0 Å². The second kappa shape index (κ2) is 61.4. The topological polar surface area (TPSA) is 47.6 Å². The van der Waals surface area contributed by atoms with E-state index < -0.39 is 7.75 Å². The summed E-state index contributed by atoms with van der Waals surface area (Å²) in [4.78, 5) is 0. The van der Waals surface area contributed by atoms with Crippen LogP contribution >= 0.6 is 31.3 Å². The predicted molar refractivity (Wildman–Crippen MR) is 343 cm³/mol. The summed E-state index contributed by atoms with van der Waals surface area (Å²) >= 11 is 4.62. The SMILES string of the molecule is C.[CH2-][N+](C)(C)CCNP(=O)(OCCCCCCCCC(CCCCCCCCC)SCCCCCCCCCCCC)OCCCCCCCCC(CCCCCCCCC)SCCCCCCCCCCCC. The fourth-order valence-corrected chi connectivity index (χ4v) is 14.4. The Kier molecular flexibility index (Phi) is 63.7. The summed E-state index contributed by atoms with van der Waals surface area (Å²) in [5.41, 5.74) is 0. The molecule has 2 atom stereocenters. The van der Waals surface area contributed by atoms with Crippen molar-refractivity contribution in [1.82, 2.24) is 5.09 Å². The van der Waals surface area contributed by atoms with Crippen molar-refractivity contribution in [3.63, 3.8) is 0 Å². The third-order valence-corrected chi connectivity index (χ3v) is 19.9. The van der Waals surface area contributed by atoms with Gasteiger partial charge in [-0.2, -0.15) is 23.5 Å². The van der Waals surface area contributed by atoms with Crippen molar-refractivity contribution >= 4 is 31.3 Å². The van der Waals surface area contributed by atoms with Crippen LogP contribution in [0, 0.1) is 7.05 Å². The second-order valence-corrected chi connectivity index (χ2v) is 28.4. The number of thioether (sulfide) groups is 2. The molecule has 0 radical (unpaired) electrons. The molecule has 2 unspecified atom stereocenters. The molecule has 0 bridgehead atoms. The molecule has 0 aromatic rings. The van der Waals surface area contributed by atoms with Crippen molar-refractivity contribution < 1.29 is 18.1 Å². The molecule has 0 aliphatic carbocycles. The summed E-state index contributed by atoms with van der Waals surface area (Å²) < 4.78 is 26.6. The largest absolute Gasteiger partial charge is 0.461 e. The van der Waals surface area contributed by atoms with Gasteiger partial charge in [0, 0.05) is 24.6 Å². The van der Waals surface area contributed by atoms with E-state index in [0.29, 0.717) is 24.2 Å². The molecule has 0 aliphatic heterocycles. The van der Waals surface area contributed by atoms with Crippen LogP contribution in [0.25, 0.3) is 0 Å². The van der Waals surface area contributed by atoms with Gasteiger partial charge < -0.3 is 4.48 Å². The molecule has 0 saturated heterocycles. The lowest BCUT2D eigenvalue weighted by Gasteiger charge is -2.33. The number of unbranched alkanes of at least 4 members (excludes halogenated alkanes) is 40. The van der Waals surface area contributed by atoms with Crippen LogP contribution < -0.4 is 5.09 Å². The molecule has 0 aromatic heterocycles. The van der Waals surface area contributed by atoms with Gasteiger partial charge in [-0.05, 0) is 62.9 Å². The monoisotopic (exact) mass is 1100 g/mol. The summed E-state index contributed by atoms with van der Waals surface area (Å²) in [6.45, 7) is 11.6. The minimum absolute atomic E-state index is 0. The summed E-state index contributed by atoms with van der Waals surface area (Å²) in [6.07, 6.45) is 68.7. The van der Waals surface area contributed by atoms with Gasteiger partial charge in [0.1, 0.15) is 0 Å². The van der Waals surface area contributed by atoms with Crippen LogP contribution in [0.4, 0.5) is 0 Å². The number of hydrogen-bond acceptors (Lipinski definition) is 5. The highest BCUT2D eigenvalue weighted by Crippen LogP contribution is 2.44. The van der Waals surface area contributed by atoms with E-state index in [2.05, 4.69) is 77.4 Å². The highest BCUT2D eigenvalue weighted by molar-refractivity contribution is 8.00. The van der Waals surface area contributed by atoms with Crippen LogP contribution in [0.1, 0.15) is 356 Å². The normalized spacial score (nSPS) is 13.6. The Hall–Kier alpha value is 0.770. The second-order valence-electron chi connectivity index (χ2n) is 23.7. The lowest BCUT2D eigenvalue weighted by atomic mass is 10.0. The Balaban J connectivity index is 0. The van der Waals surface area contributed by atoms with Crippen molar-refractivity contribution in [1.29, 1.82) is 0 Å². The number of nitrogens with zero attached hydrogens (tertiary/aromatic N) is 1. The van der Waals surface area contributed by atoms with Crippen molar-refractivity contribution in [3.8, 4) is 0 Å². The smallest absolute Gasteiger partial charge is 0.405 e. The molecule has 5 nitrogen and oxygen atoms in total. The highest BCUT2D eigenvalue weighted by Gasteiger charge is 2.24.